The second-order valence-electron chi connectivity index (χ2n) is 21.0. The van der Waals surface area contributed by atoms with Crippen LogP contribution in [0.2, 0.25) is 0 Å². The third-order valence-corrected chi connectivity index (χ3v) is 16.5. The van der Waals surface area contributed by atoms with Gasteiger partial charge in [-0.3, -0.25) is 5.32 Å². The summed E-state index contributed by atoms with van der Waals surface area (Å²) in [5.41, 5.74) is 17.6. The molecule has 0 amide bonds. The quantitative estimate of drug-likeness (QED) is 0.167. The average Bonchev–Trinajstić information content (AvgIpc) is 3.50. The number of para-hydroxylation sites is 5. The highest BCUT2D eigenvalue weighted by Gasteiger charge is 2.36. The molecule has 7 heteroatoms. The summed E-state index contributed by atoms with van der Waals surface area (Å²) in [5, 5.41) is 17.5. The van der Waals surface area contributed by atoms with Crippen molar-refractivity contribution in [2.75, 3.05) is 0 Å². The van der Waals surface area contributed by atoms with Crippen LogP contribution in [0.15, 0.2) is 260 Å². The Hall–Kier alpha value is -9.95. The number of amidine groups is 1. The van der Waals surface area contributed by atoms with Gasteiger partial charge in [-0.25, -0.2) is 4.99 Å². The predicted octanol–water partition coefficient (Wildman–Crippen LogP) is 16.9. The fourth-order valence-corrected chi connectivity index (χ4v) is 13.1. The summed E-state index contributed by atoms with van der Waals surface area (Å²) in [6, 6.07) is 92.7. The van der Waals surface area contributed by atoms with Gasteiger partial charge in [0.25, 0.3) is 0 Å². The molecule has 2 atom stereocenters. The average molecular weight is 1000 g/mol. The Morgan fingerprint density at radius 2 is 0.885 bits per heavy atom. The maximum atomic E-state index is 5.50. The van der Waals surface area contributed by atoms with Gasteiger partial charge in [-0.1, -0.05) is 170 Å². The second-order valence-corrected chi connectivity index (χ2v) is 21.0. The molecular formula is C71H51N7. The summed E-state index contributed by atoms with van der Waals surface area (Å²) in [6.07, 6.45) is -0.295. The maximum Gasteiger partial charge on any atom is 0.132 e. The molecule has 0 spiro atoms. The summed E-state index contributed by atoms with van der Waals surface area (Å²) >= 11 is 0. The lowest BCUT2D eigenvalue weighted by Crippen LogP contribution is -2.58. The molecule has 1 aliphatic rings. The number of aryl methyl sites for hydroxylation is 1. The van der Waals surface area contributed by atoms with E-state index < -0.39 is 5.66 Å². The zero-order valence-electron chi connectivity index (χ0n) is 43.1. The van der Waals surface area contributed by atoms with Crippen LogP contribution in [-0.4, -0.2) is 24.1 Å². The van der Waals surface area contributed by atoms with E-state index in [-0.39, 0.29) is 6.17 Å². The third kappa shape index (κ3) is 6.52. The first kappa shape index (κ1) is 44.4. The monoisotopic (exact) mass is 1000 g/mol. The number of rotatable bonds is 7. The Balaban J connectivity index is 1.01. The summed E-state index contributed by atoms with van der Waals surface area (Å²) < 4.78 is 9.92. The number of aromatic nitrogens is 4. The minimum atomic E-state index is -0.627. The molecule has 4 aromatic heterocycles. The highest BCUT2D eigenvalue weighted by atomic mass is 15.3. The van der Waals surface area contributed by atoms with Gasteiger partial charge in [-0.05, 0) is 115 Å². The molecule has 2 N–H and O–H groups in total. The van der Waals surface area contributed by atoms with Crippen LogP contribution >= 0.6 is 0 Å². The van der Waals surface area contributed by atoms with Gasteiger partial charge in [-0.2, -0.15) is 0 Å². The van der Waals surface area contributed by atoms with E-state index in [1.165, 1.54) is 70.9 Å². The Bertz CT molecular complexity index is 4910. The van der Waals surface area contributed by atoms with Crippen LogP contribution in [-0.2, 0) is 5.66 Å². The maximum absolute atomic E-state index is 5.50. The summed E-state index contributed by atoms with van der Waals surface area (Å²) in [7, 11) is 0. The number of fused-ring (bicyclic) bond motifs is 14. The van der Waals surface area contributed by atoms with Crippen molar-refractivity contribution in [1.29, 1.82) is 0 Å². The summed E-state index contributed by atoms with van der Waals surface area (Å²) in [5.74, 6) is 0.826. The molecule has 16 rings (SSSR count). The Morgan fingerprint density at radius 1 is 0.372 bits per heavy atom. The Kier molecular flexibility index (Phi) is 9.69. The van der Waals surface area contributed by atoms with Crippen LogP contribution in [0.5, 0.6) is 0 Å². The molecule has 0 bridgehead atoms. The number of hydrogen-bond donors (Lipinski definition) is 2. The van der Waals surface area contributed by atoms with Gasteiger partial charge in [-0.15, -0.1) is 0 Å². The molecule has 5 heterocycles. The first-order valence-corrected chi connectivity index (χ1v) is 26.9. The molecule has 370 valence electrons. The fourth-order valence-electron chi connectivity index (χ4n) is 13.1. The van der Waals surface area contributed by atoms with E-state index in [1.54, 1.807) is 0 Å². The number of benzene rings is 11. The molecule has 15 aromatic rings. The van der Waals surface area contributed by atoms with Gasteiger partial charge in [0, 0.05) is 71.4 Å². The lowest BCUT2D eigenvalue weighted by molar-refractivity contribution is 0.277. The Labute approximate surface area is 450 Å². The number of nitrogens with zero attached hydrogens (tertiary/aromatic N) is 5. The van der Waals surface area contributed by atoms with Crippen molar-refractivity contribution in [3.05, 3.63) is 277 Å². The standard InChI is InChI=1S/C71H51N7/c1-45-42-63-66(55-33-19-21-35-59(55)75(63)49-26-12-5-13-27-49)68-64(45)57-44-52(37-40-60(57)78(68)51-30-16-7-17-31-51)76-61-41-39-54-53-32-18-20-34-58(53)77(50-28-14-6-15-29-50)67(54)65(61)56-38-36-47(43-62(56)76)70-72-69(46-22-8-3-9-23-46)73-71(2,74-70)48-24-10-4-11-25-48/h3-44,69,73H,1-2H3,(H,72,74). The lowest BCUT2D eigenvalue weighted by atomic mass is 9.97. The zero-order chi connectivity index (χ0) is 51.6. The van der Waals surface area contributed by atoms with Crippen molar-refractivity contribution in [2.24, 2.45) is 4.99 Å². The van der Waals surface area contributed by atoms with Crippen LogP contribution in [0.1, 0.15) is 35.3 Å². The topological polar surface area (TPSA) is 56.1 Å². The van der Waals surface area contributed by atoms with E-state index in [4.69, 9.17) is 4.99 Å². The van der Waals surface area contributed by atoms with Gasteiger partial charge in [0.1, 0.15) is 17.7 Å². The number of hydrogen-bond acceptors (Lipinski definition) is 3. The molecule has 1 aliphatic heterocycles. The van der Waals surface area contributed by atoms with Crippen molar-refractivity contribution < 1.29 is 0 Å². The van der Waals surface area contributed by atoms with Crippen molar-refractivity contribution in [3.63, 3.8) is 0 Å². The minimum Gasteiger partial charge on any atom is -0.348 e. The molecule has 11 aromatic carbocycles. The van der Waals surface area contributed by atoms with Gasteiger partial charge >= 0.3 is 0 Å². The largest absolute Gasteiger partial charge is 0.348 e. The van der Waals surface area contributed by atoms with E-state index in [0.29, 0.717) is 0 Å². The van der Waals surface area contributed by atoms with Gasteiger partial charge in [0.15, 0.2) is 0 Å². The van der Waals surface area contributed by atoms with E-state index in [9.17, 15) is 0 Å². The van der Waals surface area contributed by atoms with Gasteiger partial charge in [0.05, 0.1) is 44.1 Å². The van der Waals surface area contributed by atoms with Crippen LogP contribution in [0, 0.1) is 6.92 Å². The van der Waals surface area contributed by atoms with E-state index in [1.807, 2.05) is 0 Å². The smallest absolute Gasteiger partial charge is 0.132 e. The molecule has 0 saturated heterocycles. The van der Waals surface area contributed by atoms with Crippen molar-refractivity contribution in [2.45, 2.75) is 25.7 Å². The molecule has 0 fully saturated rings. The Morgan fingerprint density at radius 3 is 1.58 bits per heavy atom. The first-order chi connectivity index (χ1) is 38.5. The molecule has 0 radical (unpaired) electrons. The highest BCUT2D eigenvalue weighted by molar-refractivity contribution is 6.29. The fraction of sp³-hybridized carbons (Fsp3) is 0.0563. The van der Waals surface area contributed by atoms with E-state index in [2.05, 4.69) is 298 Å². The lowest BCUT2D eigenvalue weighted by Gasteiger charge is -2.40. The zero-order valence-corrected chi connectivity index (χ0v) is 43.1. The highest BCUT2D eigenvalue weighted by Crippen LogP contribution is 2.47. The van der Waals surface area contributed by atoms with E-state index >= 15 is 0 Å². The SMILES string of the molecule is Cc1cc2c(c3ccccc3n2-c2ccccc2)c2c1c1cc(-n3c4cc(C5=NC(c6ccccc6)NC(C)(c6ccccc6)N5)ccc4c4c3ccc3c5ccccc5n(-c5ccccc5)c34)ccc1n2-c1ccccc1. The van der Waals surface area contributed by atoms with Crippen LogP contribution < -0.4 is 10.6 Å². The minimum absolute atomic E-state index is 0.295. The molecule has 0 aliphatic carbocycles. The summed E-state index contributed by atoms with van der Waals surface area (Å²) in [4.78, 5) is 5.50. The van der Waals surface area contributed by atoms with Crippen molar-refractivity contribution >= 4 is 93.1 Å². The summed E-state index contributed by atoms with van der Waals surface area (Å²) in [6.45, 7) is 4.51. The number of nitrogens with one attached hydrogen (secondary N) is 2. The molecule has 7 nitrogen and oxygen atoms in total. The van der Waals surface area contributed by atoms with Crippen LogP contribution in [0.4, 0.5) is 0 Å². The normalized spacial score (nSPS) is 15.9. The first-order valence-electron chi connectivity index (χ1n) is 26.9. The van der Waals surface area contributed by atoms with Gasteiger partial charge < -0.3 is 23.6 Å². The van der Waals surface area contributed by atoms with Crippen LogP contribution in [0.3, 0.4) is 0 Å². The molecule has 2 unspecified atom stereocenters. The third-order valence-electron chi connectivity index (χ3n) is 16.5. The molecular weight excluding hydrogens is 951 g/mol. The van der Waals surface area contributed by atoms with Crippen molar-refractivity contribution in [3.8, 4) is 22.7 Å². The number of aliphatic imine (C=N–C) groups is 1. The van der Waals surface area contributed by atoms with Gasteiger partial charge in [0.2, 0.25) is 0 Å². The van der Waals surface area contributed by atoms with Crippen molar-refractivity contribution in [1.82, 2.24) is 28.9 Å². The van der Waals surface area contributed by atoms with Crippen LogP contribution in [0.25, 0.3) is 110 Å². The molecule has 78 heavy (non-hydrogen) atoms. The molecule has 0 saturated carbocycles. The predicted molar refractivity (Wildman–Crippen MR) is 324 cm³/mol. The second kappa shape index (κ2) is 17.0. The van der Waals surface area contributed by atoms with E-state index in [0.717, 1.165) is 67.2 Å².